The van der Waals surface area contributed by atoms with E-state index in [1.807, 2.05) is 30.3 Å². The number of nitrogens with one attached hydrogen (secondary N) is 1. The predicted molar refractivity (Wildman–Crippen MR) is 64.6 cm³/mol. The van der Waals surface area contributed by atoms with Crippen LogP contribution in [0.1, 0.15) is 30.9 Å². The van der Waals surface area contributed by atoms with E-state index in [0.29, 0.717) is 6.04 Å². The highest BCUT2D eigenvalue weighted by Crippen LogP contribution is 2.52. The summed E-state index contributed by atoms with van der Waals surface area (Å²) in [4.78, 5) is 11.3. The van der Waals surface area contributed by atoms with Gasteiger partial charge in [0.1, 0.15) is 6.04 Å². The van der Waals surface area contributed by atoms with Crippen LogP contribution in [0.4, 0.5) is 0 Å². The van der Waals surface area contributed by atoms with Crippen LogP contribution in [0.25, 0.3) is 0 Å². The minimum Gasteiger partial charge on any atom is -0.480 e. The zero-order valence-electron chi connectivity index (χ0n) is 9.67. The number of hydrogen-bond acceptors (Lipinski definition) is 2. The molecule has 2 N–H and O–H groups in total. The Morgan fingerprint density at radius 2 is 2.06 bits per heavy atom. The molecule has 3 heteroatoms. The van der Waals surface area contributed by atoms with Crippen LogP contribution in [0.15, 0.2) is 30.3 Å². The summed E-state index contributed by atoms with van der Waals surface area (Å²) in [5.74, 6) is 0.832. The second-order valence-corrected chi connectivity index (χ2v) is 5.19. The topological polar surface area (TPSA) is 49.3 Å². The van der Waals surface area contributed by atoms with Gasteiger partial charge in [0.15, 0.2) is 0 Å². The number of carboxylic acids is 1. The Bertz CT molecular complexity index is 417. The zero-order chi connectivity index (χ0) is 11.8. The first-order chi connectivity index (χ1) is 8.25. The van der Waals surface area contributed by atoms with Gasteiger partial charge in [-0.15, -0.1) is 0 Å². The molecule has 0 saturated heterocycles. The molecule has 3 rings (SSSR count). The van der Waals surface area contributed by atoms with Crippen molar-refractivity contribution in [2.45, 2.75) is 31.3 Å². The Morgan fingerprint density at radius 3 is 2.59 bits per heavy atom. The minimum absolute atomic E-state index is 0.404. The molecule has 90 valence electrons. The SMILES string of the molecule is O=C(O)C(NC1CC[C@H]2C[C@@H]12)c1ccccc1. The fourth-order valence-corrected chi connectivity index (χ4v) is 3.08. The lowest BCUT2D eigenvalue weighted by Gasteiger charge is -2.21. The van der Waals surface area contributed by atoms with Crippen molar-refractivity contribution in [3.8, 4) is 0 Å². The van der Waals surface area contributed by atoms with E-state index in [1.165, 1.54) is 12.8 Å². The van der Waals surface area contributed by atoms with Crippen molar-refractivity contribution in [1.82, 2.24) is 5.32 Å². The van der Waals surface area contributed by atoms with E-state index in [9.17, 15) is 9.90 Å². The summed E-state index contributed by atoms with van der Waals surface area (Å²) < 4.78 is 0. The molecule has 0 aromatic heterocycles. The lowest BCUT2D eigenvalue weighted by Crippen LogP contribution is -2.37. The molecule has 2 unspecified atom stereocenters. The van der Waals surface area contributed by atoms with Gasteiger partial charge in [-0.25, -0.2) is 0 Å². The molecule has 0 heterocycles. The predicted octanol–water partition coefficient (Wildman–Crippen LogP) is 2.20. The van der Waals surface area contributed by atoms with E-state index in [-0.39, 0.29) is 0 Å². The van der Waals surface area contributed by atoms with E-state index in [2.05, 4.69) is 5.32 Å². The number of hydrogen-bond donors (Lipinski definition) is 2. The molecule has 2 aliphatic carbocycles. The molecule has 3 nitrogen and oxygen atoms in total. The number of carbonyl (C=O) groups is 1. The lowest BCUT2D eigenvalue weighted by molar-refractivity contribution is -0.140. The summed E-state index contributed by atoms with van der Waals surface area (Å²) in [6, 6.07) is 9.30. The van der Waals surface area contributed by atoms with Gasteiger partial charge in [-0.3, -0.25) is 10.1 Å². The van der Waals surface area contributed by atoms with Gasteiger partial charge in [0, 0.05) is 6.04 Å². The zero-order valence-corrected chi connectivity index (χ0v) is 9.67. The summed E-state index contributed by atoms with van der Waals surface area (Å²) in [6.45, 7) is 0. The molecule has 1 aromatic carbocycles. The van der Waals surface area contributed by atoms with Crippen LogP contribution in [0.5, 0.6) is 0 Å². The molecule has 2 aliphatic rings. The first-order valence-corrected chi connectivity index (χ1v) is 6.29. The Kier molecular flexibility index (Phi) is 2.63. The highest BCUT2D eigenvalue weighted by Gasteiger charge is 2.48. The number of carboxylic acid groups (broad SMARTS) is 1. The first-order valence-electron chi connectivity index (χ1n) is 6.29. The highest BCUT2D eigenvalue weighted by atomic mass is 16.4. The van der Waals surface area contributed by atoms with Gasteiger partial charge in [0.2, 0.25) is 0 Å². The highest BCUT2D eigenvalue weighted by molar-refractivity contribution is 5.75. The van der Waals surface area contributed by atoms with Crippen molar-refractivity contribution in [3.05, 3.63) is 35.9 Å². The molecule has 0 spiro atoms. The average molecular weight is 231 g/mol. The molecule has 17 heavy (non-hydrogen) atoms. The standard InChI is InChI=1S/C14H17NO2/c16-14(17)13(9-4-2-1-3-5-9)15-12-7-6-10-8-11(10)12/h1-5,10-13,15H,6-8H2,(H,16,17)/t10-,11+,12?,13?/m0/s1. The van der Waals surface area contributed by atoms with Gasteiger partial charge in [0.05, 0.1) is 0 Å². The van der Waals surface area contributed by atoms with E-state index in [4.69, 9.17) is 0 Å². The van der Waals surface area contributed by atoms with Gasteiger partial charge in [0.25, 0.3) is 0 Å². The Hall–Kier alpha value is -1.35. The summed E-state index contributed by atoms with van der Waals surface area (Å²) >= 11 is 0. The van der Waals surface area contributed by atoms with Gasteiger partial charge >= 0.3 is 5.97 Å². The fourth-order valence-electron chi connectivity index (χ4n) is 3.08. The van der Waals surface area contributed by atoms with Crippen molar-refractivity contribution in [2.75, 3.05) is 0 Å². The molecular formula is C14H17NO2. The smallest absolute Gasteiger partial charge is 0.325 e. The number of aliphatic carboxylic acids is 1. The van der Waals surface area contributed by atoms with Crippen molar-refractivity contribution in [3.63, 3.8) is 0 Å². The van der Waals surface area contributed by atoms with Crippen LogP contribution in [-0.4, -0.2) is 17.1 Å². The Morgan fingerprint density at radius 1 is 1.29 bits per heavy atom. The average Bonchev–Trinajstić information content (AvgIpc) is 3.02. The van der Waals surface area contributed by atoms with Crippen LogP contribution >= 0.6 is 0 Å². The third-order valence-corrected chi connectivity index (χ3v) is 4.10. The van der Waals surface area contributed by atoms with Gasteiger partial charge in [-0.2, -0.15) is 0 Å². The minimum atomic E-state index is -0.777. The van der Waals surface area contributed by atoms with Crippen molar-refractivity contribution in [2.24, 2.45) is 11.8 Å². The third kappa shape index (κ3) is 2.07. The maximum atomic E-state index is 11.3. The van der Waals surface area contributed by atoms with Gasteiger partial charge < -0.3 is 5.11 Å². The van der Waals surface area contributed by atoms with Crippen LogP contribution in [0, 0.1) is 11.8 Å². The van der Waals surface area contributed by atoms with Crippen LogP contribution in [-0.2, 0) is 4.79 Å². The van der Waals surface area contributed by atoms with E-state index in [0.717, 1.165) is 23.8 Å². The summed E-state index contributed by atoms with van der Waals surface area (Å²) in [5, 5.41) is 12.6. The summed E-state index contributed by atoms with van der Waals surface area (Å²) in [6.07, 6.45) is 3.69. The molecule has 0 bridgehead atoms. The molecule has 2 saturated carbocycles. The van der Waals surface area contributed by atoms with Gasteiger partial charge in [-0.05, 0) is 36.7 Å². The number of fused-ring (bicyclic) bond motifs is 1. The van der Waals surface area contributed by atoms with E-state index < -0.39 is 12.0 Å². The normalized spacial score (nSPS) is 31.9. The quantitative estimate of drug-likeness (QED) is 0.835. The maximum absolute atomic E-state index is 11.3. The van der Waals surface area contributed by atoms with E-state index >= 15 is 0 Å². The summed E-state index contributed by atoms with van der Waals surface area (Å²) in [5.41, 5.74) is 0.851. The first kappa shape index (κ1) is 10.8. The van der Waals surface area contributed by atoms with Crippen LogP contribution in [0.2, 0.25) is 0 Å². The van der Waals surface area contributed by atoms with Crippen LogP contribution in [0.3, 0.4) is 0 Å². The number of rotatable bonds is 4. The van der Waals surface area contributed by atoms with Crippen molar-refractivity contribution >= 4 is 5.97 Å². The summed E-state index contributed by atoms with van der Waals surface area (Å²) in [7, 11) is 0. The third-order valence-electron chi connectivity index (χ3n) is 4.10. The Labute approximate surface area is 101 Å². The van der Waals surface area contributed by atoms with E-state index in [1.54, 1.807) is 0 Å². The molecule has 1 aromatic rings. The van der Waals surface area contributed by atoms with Crippen LogP contribution < -0.4 is 5.32 Å². The molecule has 0 aliphatic heterocycles. The monoisotopic (exact) mass is 231 g/mol. The second kappa shape index (κ2) is 4.15. The largest absolute Gasteiger partial charge is 0.480 e. The maximum Gasteiger partial charge on any atom is 0.325 e. The Balaban J connectivity index is 1.74. The molecule has 4 atom stereocenters. The van der Waals surface area contributed by atoms with Crippen molar-refractivity contribution in [1.29, 1.82) is 0 Å². The van der Waals surface area contributed by atoms with Crippen molar-refractivity contribution < 1.29 is 9.90 Å². The second-order valence-electron chi connectivity index (χ2n) is 5.19. The molecule has 2 fully saturated rings. The lowest BCUT2D eigenvalue weighted by atomic mass is 10.0. The molecular weight excluding hydrogens is 214 g/mol. The number of benzene rings is 1. The molecule has 0 radical (unpaired) electrons. The fraction of sp³-hybridized carbons (Fsp3) is 0.500. The molecule has 0 amide bonds. The van der Waals surface area contributed by atoms with Gasteiger partial charge in [-0.1, -0.05) is 30.3 Å².